The molecule has 4 nitrogen and oxygen atoms in total. The number of nitrogens with zero attached hydrogens (tertiary/aromatic N) is 2. The second-order valence-corrected chi connectivity index (χ2v) is 8.89. The van der Waals surface area contributed by atoms with E-state index in [1.165, 1.54) is 21.7 Å². The molecule has 3 aromatic rings. The Kier molecular flexibility index (Phi) is 5.57. The molecule has 1 saturated heterocycles. The van der Waals surface area contributed by atoms with Crippen molar-refractivity contribution in [2.24, 2.45) is 0 Å². The maximum absolute atomic E-state index is 12.6. The van der Waals surface area contributed by atoms with Gasteiger partial charge in [0.1, 0.15) is 0 Å². The summed E-state index contributed by atoms with van der Waals surface area (Å²) < 4.78 is 26.8. The molecule has 0 unspecified atom stereocenters. The van der Waals surface area contributed by atoms with Crippen LogP contribution in [0.4, 0.5) is 0 Å². The second kappa shape index (κ2) is 8.27. The van der Waals surface area contributed by atoms with Crippen molar-refractivity contribution in [3.05, 3.63) is 89.3 Å². The number of hydrogen-bond acceptors (Lipinski definition) is 3. The normalized spacial score (nSPS) is 16.7. The molecule has 0 radical (unpaired) electrons. The van der Waals surface area contributed by atoms with Gasteiger partial charge in [0.25, 0.3) is 0 Å². The number of rotatable bonds is 5. The van der Waals surface area contributed by atoms with Gasteiger partial charge in [-0.25, -0.2) is 8.42 Å². The zero-order valence-corrected chi connectivity index (χ0v) is 16.6. The van der Waals surface area contributed by atoms with Gasteiger partial charge >= 0.3 is 0 Å². The van der Waals surface area contributed by atoms with Crippen LogP contribution in [0, 0.1) is 0 Å². The second-order valence-electron chi connectivity index (χ2n) is 7.07. The Bertz CT molecular complexity index is 1060. The summed E-state index contributed by atoms with van der Waals surface area (Å²) in [4.78, 5) is 2.33. The van der Waals surface area contributed by atoms with Crippen LogP contribution in [0.1, 0.15) is 11.1 Å². The van der Waals surface area contributed by atoms with E-state index in [0.29, 0.717) is 13.1 Å². The van der Waals surface area contributed by atoms with Crippen LogP contribution in [0.3, 0.4) is 0 Å². The predicted octanol–water partition coefficient (Wildman–Crippen LogP) is 3.96. The molecular formula is C23H24N2O2S. The zero-order valence-electron chi connectivity index (χ0n) is 15.7. The molecule has 0 atom stereocenters. The van der Waals surface area contributed by atoms with E-state index >= 15 is 0 Å². The quantitative estimate of drug-likeness (QED) is 0.660. The first-order valence-corrected chi connectivity index (χ1v) is 11.0. The minimum atomic E-state index is -3.39. The third kappa shape index (κ3) is 4.33. The van der Waals surface area contributed by atoms with Gasteiger partial charge in [-0.3, -0.25) is 4.90 Å². The largest absolute Gasteiger partial charge is 0.296 e. The Hall–Kier alpha value is -2.47. The topological polar surface area (TPSA) is 40.6 Å². The standard InChI is InChI=1S/C23H24N2O2S/c26-28(27,18-13-20-7-2-1-3-8-20)25-16-14-24(15-17-25)19-22-11-6-10-21-9-4-5-12-23(21)22/h1-13,18H,14-17,19H2/b18-13+. The Morgan fingerprint density at radius 1 is 0.786 bits per heavy atom. The molecule has 0 amide bonds. The minimum absolute atomic E-state index is 0.520. The van der Waals surface area contributed by atoms with Crippen molar-refractivity contribution in [2.45, 2.75) is 6.54 Å². The molecule has 5 heteroatoms. The van der Waals surface area contributed by atoms with Gasteiger partial charge in [0.05, 0.1) is 0 Å². The molecule has 0 saturated carbocycles. The van der Waals surface area contributed by atoms with E-state index < -0.39 is 10.0 Å². The molecule has 1 fully saturated rings. The third-order valence-electron chi connectivity index (χ3n) is 5.20. The molecule has 0 aromatic heterocycles. The summed E-state index contributed by atoms with van der Waals surface area (Å²) in [7, 11) is -3.39. The summed E-state index contributed by atoms with van der Waals surface area (Å²) in [5, 5.41) is 3.83. The van der Waals surface area contributed by atoms with Crippen LogP contribution in [0.5, 0.6) is 0 Å². The van der Waals surface area contributed by atoms with E-state index in [1.807, 2.05) is 30.3 Å². The third-order valence-corrected chi connectivity index (χ3v) is 6.76. The van der Waals surface area contributed by atoms with E-state index in [1.54, 1.807) is 10.4 Å². The van der Waals surface area contributed by atoms with E-state index in [-0.39, 0.29) is 0 Å². The van der Waals surface area contributed by atoms with Gasteiger partial charge in [0.2, 0.25) is 10.0 Å². The molecule has 1 heterocycles. The van der Waals surface area contributed by atoms with Crippen LogP contribution < -0.4 is 0 Å². The Morgan fingerprint density at radius 2 is 1.46 bits per heavy atom. The fourth-order valence-corrected chi connectivity index (χ4v) is 4.80. The predicted molar refractivity (Wildman–Crippen MR) is 115 cm³/mol. The molecule has 1 aliphatic rings. The average molecular weight is 393 g/mol. The lowest BCUT2D eigenvalue weighted by molar-refractivity contribution is 0.183. The Morgan fingerprint density at radius 3 is 2.25 bits per heavy atom. The lowest BCUT2D eigenvalue weighted by atomic mass is 10.0. The van der Waals surface area contributed by atoms with Crippen LogP contribution in [-0.4, -0.2) is 43.8 Å². The summed E-state index contributed by atoms with van der Waals surface area (Å²) in [5.41, 5.74) is 2.18. The minimum Gasteiger partial charge on any atom is -0.296 e. The molecule has 144 valence electrons. The van der Waals surface area contributed by atoms with Crippen LogP contribution in [0.2, 0.25) is 0 Å². The van der Waals surface area contributed by atoms with Gasteiger partial charge in [-0.1, -0.05) is 72.8 Å². The molecule has 0 bridgehead atoms. The lowest BCUT2D eigenvalue weighted by Crippen LogP contribution is -2.47. The maximum Gasteiger partial charge on any atom is 0.236 e. The number of piperazine rings is 1. The fraction of sp³-hybridized carbons (Fsp3) is 0.217. The number of benzene rings is 3. The van der Waals surface area contributed by atoms with Crippen LogP contribution in [-0.2, 0) is 16.6 Å². The summed E-state index contributed by atoms with van der Waals surface area (Å²) in [5.74, 6) is 0. The first-order valence-electron chi connectivity index (χ1n) is 9.54. The lowest BCUT2D eigenvalue weighted by Gasteiger charge is -2.33. The highest BCUT2D eigenvalue weighted by atomic mass is 32.2. The molecule has 0 N–H and O–H groups in total. The molecule has 3 aromatic carbocycles. The Balaban J connectivity index is 1.39. The molecule has 4 rings (SSSR count). The van der Waals surface area contributed by atoms with E-state index in [2.05, 4.69) is 47.4 Å². The van der Waals surface area contributed by atoms with Crippen LogP contribution in [0.25, 0.3) is 16.8 Å². The van der Waals surface area contributed by atoms with Gasteiger partial charge < -0.3 is 0 Å². The van der Waals surface area contributed by atoms with Gasteiger partial charge in [-0.2, -0.15) is 4.31 Å². The highest BCUT2D eigenvalue weighted by molar-refractivity contribution is 7.92. The molecule has 28 heavy (non-hydrogen) atoms. The van der Waals surface area contributed by atoms with Crippen molar-refractivity contribution >= 4 is 26.9 Å². The summed E-state index contributed by atoms with van der Waals surface area (Å²) in [6.45, 7) is 3.36. The van der Waals surface area contributed by atoms with Crippen molar-refractivity contribution in [2.75, 3.05) is 26.2 Å². The highest BCUT2D eigenvalue weighted by Gasteiger charge is 2.25. The van der Waals surface area contributed by atoms with Crippen LogP contribution in [0.15, 0.2) is 78.2 Å². The SMILES string of the molecule is O=S(=O)(/C=C/c1ccccc1)N1CCN(Cc2cccc3ccccc23)CC1. The molecule has 0 aliphatic carbocycles. The van der Waals surface area contributed by atoms with Gasteiger partial charge in [0, 0.05) is 38.1 Å². The fourth-order valence-electron chi connectivity index (χ4n) is 3.63. The van der Waals surface area contributed by atoms with E-state index in [4.69, 9.17) is 0 Å². The zero-order chi connectivity index (χ0) is 19.4. The van der Waals surface area contributed by atoms with Crippen LogP contribution >= 0.6 is 0 Å². The van der Waals surface area contributed by atoms with Crippen molar-refractivity contribution in [3.63, 3.8) is 0 Å². The molecule has 0 spiro atoms. The highest BCUT2D eigenvalue weighted by Crippen LogP contribution is 2.21. The summed E-state index contributed by atoms with van der Waals surface area (Å²) in [6.07, 6.45) is 1.66. The summed E-state index contributed by atoms with van der Waals surface area (Å²) in [6, 6.07) is 24.3. The molecule has 1 aliphatic heterocycles. The van der Waals surface area contributed by atoms with E-state index in [0.717, 1.165) is 25.2 Å². The van der Waals surface area contributed by atoms with Gasteiger partial charge in [0.15, 0.2) is 0 Å². The van der Waals surface area contributed by atoms with Crippen molar-refractivity contribution in [1.29, 1.82) is 0 Å². The first-order chi connectivity index (χ1) is 13.6. The Labute approximate surface area is 166 Å². The monoisotopic (exact) mass is 392 g/mol. The maximum atomic E-state index is 12.6. The molecular weight excluding hydrogens is 368 g/mol. The average Bonchev–Trinajstić information content (AvgIpc) is 2.74. The van der Waals surface area contributed by atoms with Crippen molar-refractivity contribution in [3.8, 4) is 0 Å². The van der Waals surface area contributed by atoms with E-state index in [9.17, 15) is 8.42 Å². The van der Waals surface area contributed by atoms with Crippen molar-refractivity contribution in [1.82, 2.24) is 9.21 Å². The van der Waals surface area contributed by atoms with Gasteiger partial charge in [-0.05, 0) is 28.0 Å². The first kappa shape index (κ1) is 18.9. The number of sulfonamides is 1. The number of hydrogen-bond donors (Lipinski definition) is 0. The van der Waals surface area contributed by atoms with Crippen molar-refractivity contribution < 1.29 is 8.42 Å². The number of fused-ring (bicyclic) bond motifs is 1. The summed E-state index contributed by atoms with van der Waals surface area (Å²) >= 11 is 0. The van der Waals surface area contributed by atoms with Gasteiger partial charge in [-0.15, -0.1) is 0 Å². The smallest absolute Gasteiger partial charge is 0.236 e.